The molecule has 26 heavy (non-hydrogen) atoms. The van der Waals surface area contributed by atoms with E-state index in [1.807, 2.05) is 0 Å². The minimum absolute atomic E-state index is 0.137. The summed E-state index contributed by atoms with van der Waals surface area (Å²) in [6, 6.07) is 4.64. The zero-order chi connectivity index (χ0) is 18.0. The molecule has 0 radical (unpaired) electrons. The summed E-state index contributed by atoms with van der Waals surface area (Å²) >= 11 is 0. The third-order valence-electron chi connectivity index (χ3n) is 5.41. The van der Waals surface area contributed by atoms with E-state index in [1.165, 1.54) is 18.5 Å². The van der Waals surface area contributed by atoms with Crippen molar-refractivity contribution in [2.24, 2.45) is 5.41 Å². The van der Waals surface area contributed by atoms with Crippen LogP contribution in [0.25, 0.3) is 0 Å². The second-order valence-electron chi connectivity index (χ2n) is 7.23. The monoisotopic (exact) mass is 350 g/mol. The van der Waals surface area contributed by atoms with E-state index in [4.69, 9.17) is 0 Å². The van der Waals surface area contributed by atoms with E-state index < -0.39 is 5.95 Å². The number of carbonyl (C=O) groups excluding carboxylic acids is 1. The summed E-state index contributed by atoms with van der Waals surface area (Å²) in [6.07, 6.45) is 10.1. The number of rotatable bonds is 2. The Morgan fingerprint density at radius 1 is 1.19 bits per heavy atom. The number of hydrogen-bond acceptors (Lipinski definition) is 4. The van der Waals surface area contributed by atoms with E-state index in [1.54, 1.807) is 18.3 Å². The number of amides is 1. The predicted molar refractivity (Wildman–Crippen MR) is 93.4 cm³/mol. The third kappa shape index (κ3) is 3.30. The van der Waals surface area contributed by atoms with Gasteiger partial charge in [0, 0.05) is 23.3 Å². The lowest BCUT2D eigenvalue weighted by atomic mass is 9.73. The first kappa shape index (κ1) is 16.6. The van der Waals surface area contributed by atoms with Crippen molar-refractivity contribution in [2.75, 3.05) is 0 Å². The number of pyridine rings is 1. The Kier molecular flexibility index (Phi) is 4.15. The average molecular weight is 350 g/mol. The molecule has 1 N–H and O–H groups in total. The third-order valence-corrected chi connectivity index (χ3v) is 5.41. The fourth-order valence-corrected chi connectivity index (χ4v) is 4.23. The average Bonchev–Trinajstić information content (AvgIpc) is 2.91. The molecule has 4 rings (SSSR count). The van der Waals surface area contributed by atoms with Gasteiger partial charge in [-0.2, -0.15) is 4.39 Å². The highest BCUT2D eigenvalue weighted by molar-refractivity contribution is 5.92. The van der Waals surface area contributed by atoms with E-state index >= 15 is 0 Å². The second-order valence-corrected chi connectivity index (χ2v) is 7.23. The molecule has 2 aromatic rings. The highest BCUT2D eigenvalue weighted by Gasteiger charge is 2.51. The van der Waals surface area contributed by atoms with Crippen molar-refractivity contribution in [1.82, 2.24) is 20.3 Å². The Bertz CT molecular complexity index is 891. The fraction of sp³-hybridized carbons (Fsp3) is 0.400. The van der Waals surface area contributed by atoms with Crippen LogP contribution in [0.5, 0.6) is 0 Å². The van der Waals surface area contributed by atoms with Crippen LogP contribution in [0.15, 0.2) is 36.8 Å². The summed E-state index contributed by atoms with van der Waals surface area (Å²) in [6.45, 7) is 0. The molecule has 2 aliphatic rings. The first-order valence-corrected chi connectivity index (χ1v) is 8.83. The second kappa shape index (κ2) is 6.49. The van der Waals surface area contributed by atoms with E-state index in [0.29, 0.717) is 11.4 Å². The molecule has 6 heteroatoms. The summed E-state index contributed by atoms with van der Waals surface area (Å²) in [5.41, 5.74) is 0.407. The summed E-state index contributed by atoms with van der Waals surface area (Å²) < 4.78 is 13.2. The van der Waals surface area contributed by atoms with Gasteiger partial charge < -0.3 is 5.32 Å². The number of nitrogens with one attached hydrogen (secondary N) is 1. The number of fused-ring (bicyclic) bond motifs is 2. The molecule has 2 bridgehead atoms. The smallest absolute Gasteiger partial charge is 0.271 e. The molecule has 5 nitrogen and oxygen atoms in total. The van der Waals surface area contributed by atoms with Gasteiger partial charge in [-0.15, -0.1) is 0 Å². The quantitative estimate of drug-likeness (QED) is 0.668. The molecule has 0 spiro atoms. The summed E-state index contributed by atoms with van der Waals surface area (Å²) in [7, 11) is 0. The van der Waals surface area contributed by atoms with E-state index in [0.717, 1.165) is 38.5 Å². The van der Waals surface area contributed by atoms with E-state index in [-0.39, 0.29) is 16.9 Å². The zero-order valence-electron chi connectivity index (χ0n) is 14.3. The van der Waals surface area contributed by atoms with Gasteiger partial charge in [0.05, 0.1) is 6.20 Å². The summed E-state index contributed by atoms with van der Waals surface area (Å²) in [5, 5.41) is 3.19. The van der Waals surface area contributed by atoms with Gasteiger partial charge in [0.25, 0.3) is 5.91 Å². The minimum atomic E-state index is -0.519. The maximum Gasteiger partial charge on any atom is 0.271 e. The van der Waals surface area contributed by atoms with E-state index in [9.17, 15) is 9.18 Å². The van der Waals surface area contributed by atoms with Crippen LogP contribution in [-0.4, -0.2) is 26.4 Å². The lowest BCUT2D eigenvalue weighted by Gasteiger charge is -2.37. The van der Waals surface area contributed by atoms with Crippen LogP contribution in [0.4, 0.5) is 4.39 Å². The zero-order valence-corrected chi connectivity index (χ0v) is 14.3. The Hall–Kier alpha value is -2.81. The maximum atomic E-state index is 13.2. The van der Waals surface area contributed by atoms with Gasteiger partial charge >= 0.3 is 0 Å². The van der Waals surface area contributed by atoms with Gasteiger partial charge in [0.1, 0.15) is 11.4 Å². The van der Waals surface area contributed by atoms with Gasteiger partial charge in [-0.05, 0) is 56.6 Å². The van der Waals surface area contributed by atoms with Crippen molar-refractivity contribution < 1.29 is 9.18 Å². The number of nitrogens with zero attached hydrogens (tertiary/aromatic N) is 3. The number of hydrogen-bond donors (Lipinski definition) is 1. The normalized spacial score (nSPS) is 26.7. The largest absolute Gasteiger partial charge is 0.345 e. The van der Waals surface area contributed by atoms with Crippen molar-refractivity contribution in [3.05, 3.63) is 54.1 Å². The van der Waals surface area contributed by atoms with E-state index in [2.05, 4.69) is 32.1 Å². The molecule has 2 saturated carbocycles. The van der Waals surface area contributed by atoms with Crippen molar-refractivity contribution in [1.29, 1.82) is 0 Å². The van der Waals surface area contributed by atoms with Gasteiger partial charge in [0.15, 0.2) is 0 Å². The molecule has 2 aromatic heterocycles. The van der Waals surface area contributed by atoms with Crippen LogP contribution >= 0.6 is 0 Å². The van der Waals surface area contributed by atoms with Gasteiger partial charge in [-0.1, -0.05) is 12.0 Å². The lowest BCUT2D eigenvalue weighted by Crippen LogP contribution is -2.49. The molecule has 1 amide bonds. The molecule has 2 heterocycles. The molecule has 2 atom stereocenters. The minimum Gasteiger partial charge on any atom is -0.345 e. The molecule has 0 aliphatic heterocycles. The molecular formula is C20H19FN4O. The standard InChI is InChI=1S/C20H19FN4O/c21-17-4-1-3-15(24-17)5-8-19-6-2-7-20(14-19,10-9-19)25-18(26)16-13-22-11-12-23-16/h1,3-4,11-13H,2,6-7,9-10,14H2,(H,25,26)/t19-,20+/m1/s1. The molecule has 132 valence electrons. The Morgan fingerprint density at radius 3 is 2.92 bits per heavy atom. The van der Waals surface area contributed by atoms with Crippen LogP contribution in [0.2, 0.25) is 0 Å². The topological polar surface area (TPSA) is 67.8 Å². The molecule has 2 aliphatic carbocycles. The van der Waals surface area contributed by atoms with Crippen LogP contribution < -0.4 is 5.32 Å². The maximum absolute atomic E-state index is 13.2. The van der Waals surface area contributed by atoms with Gasteiger partial charge in [-0.25, -0.2) is 9.97 Å². The van der Waals surface area contributed by atoms with Gasteiger partial charge in [0.2, 0.25) is 5.95 Å². The van der Waals surface area contributed by atoms with Crippen molar-refractivity contribution in [3.63, 3.8) is 0 Å². The van der Waals surface area contributed by atoms with Crippen molar-refractivity contribution in [2.45, 2.75) is 44.1 Å². The van der Waals surface area contributed by atoms with Crippen molar-refractivity contribution in [3.8, 4) is 11.8 Å². The number of halogens is 1. The summed E-state index contributed by atoms with van der Waals surface area (Å²) in [4.78, 5) is 24.4. The lowest BCUT2D eigenvalue weighted by molar-refractivity contribution is 0.0866. The number of carbonyl (C=O) groups is 1. The van der Waals surface area contributed by atoms with Gasteiger partial charge in [-0.3, -0.25) is 9.78 Å². The molecule has 2 fully saturated rings. The van der Waals surface area contributed by atoms with Crippen LogP contribution in [0, 0.1) is 23.2 Å². The molecule has 0 unspecified atom stereocenters. The molecule has 0 aromatic carbocycles. The Labute approximate surface area is 151 Å². The van der Waals surface area contributed by atoms with Crippen LogP contribution in [-0.2, 0) is 0 Å². The fourth-order valence-electron chi connectivity index (χ4n) is 4.23. The van der Waals surface area contributed by atoms with Crippen LogP contribution in [0.1, 0.15) is 54.7 Å². The molecule has 0 saturated heterocycles. The first-order chi connectivity index (χ1) is 12.6. The van der Waals surface area contributed by atoms with Crippen molar-refractivity contribution >= 4 is 5.91 Å². The highest BCUT2D eigenvalue weighted by atomic mass is 19.1. The SMILES string of the molecule is O=C(N[C@@]12CCC[C@@](C#Cc3cccc(F)n3)(CC1)C2)c1cnccn1. The molecular weight excluding hydrogens is 331 g/mol. The Morgan fingerprint density at radius 2 is 2.12 bits per heavy atom. The van der Waals surface area contributed by atoms with Crippen LogP contribution in [0.3, 0.4) is 0 Å². The Balaban J connectivity index is 1.52. The summed E-state index contributed by atoms with van der Waals surface area (Å²) in [5.74, 6) is 5.69. The highest BCUT2D eigenvalue weighted by Crippen LogP contribution is 2.53. The first-order valence-electron chi connectivity index (χ1n) is 8.83. The number of aromatic nitrogens is 3. The predicted octanol–water partition coefficient (Wildman–Crippen LogP) is 2.89.